The zero-order valence-electron chi connectivity index (χ0n) is 20.2. The predicted molar refractivity (Wildman–Crippen MR) is 127 cm³/mol. The molecule has 11 heteroatoms. The molecule has 1 saturated heterocycles. The number of hydrogen-bond donors (Lipinski definition) is 0. The van der Waals surface area contributed by atoms with E-state index in [1.54, 1.807) is 29.9 Å². The summed E-state index contributed by atoms with van der Waals surface area (Å²) in [5, 5.41) is 13.1. The molecule has 0 saturated carbocycles. The van der Waals surface area contributed by atoms with E-state index < -0.39 is 17.5 Å². The molecule has 1 fully saturated rings. The molecule has 4 heterocycles. The maximum Gasteiger partial charge on any atom is 0.257 e. The van der Waals surface area contributed by atoms with Crippen molar-refractivity contribution in [3.05, 3.63) is 77.0 Å². The number of piperidine rings is 1. The molecule has 8 nitrogen and oxygen atoms in total. The number of aromatic nitrogens is 5. The van der Waals surface area contributed by atoms with E-state index in [1.807, 2.05) is 4.90 Å². The van der Waals surface area contributed by atoms with Crippen molar-refractivity contribution in [1.29, 1.82) is 0 Å². The highest BCUT2D eigenvalue weighted by Gasteiger charge is 2.44. The molecule has 0 radical (unpaired) electrons. The summed E-state index contributed by atoms with van der Waals surface area (Å²) in [5.41, 5.74) is 3.10. The highest BCUT2D eigenvalue weighted by Crippen LogP contribution is 2.45. The fraction of sp³-hybridized carbons (Fsp3) is 0.308. The van der Waals surface area contributed by atoms with Crippen LogP contribution in [-0.2, 0) is 13.5 Å². The molecule has 0 aliphatic carbocycles. The smallest absolute Gasteiger partial charge is 0.257 e. The Bertz CT molecular complexity index is 1490. The second kappa shape index (κ2) is 8.75. The van der Waals surface area contributed by atoms with Crippen molar-refractivity contribution < 1.29 is 22.7 Å². The highest BCUT2D eigenvalue weighted by molar-refractivity contribution is 5.99. The van der Waals surface area contributed by atoms with Crippen LogP contribution in [0.1, 0.15) is 46.9 Å². The Labute approximate surface area is 210 Å². The minimum Gasteiger partial charge on any atom is -0.494 e. The normalized spacial score (nSPS) is 18.6. The molecule has 2 aromatic heterocycles. The Morgan fingerprint density at radius 1 is 1.08 bits per heavy atom. The largest absolute Gasteiger partial charge is 0.494 e. The van der Waals surface area contributed by atoms with E-state index in [2.05, 4.69) is 10.2 Å². The molecule has 37 heavy (non-hydrogen) atoms. The minimum atomic E-state index is -1.51. The molecule has 0 spiro atoms. The number of benzene rings is 2. The first-order chi connectivity index (χ1) is 17.9. The van der Waals surface area contributed by atoms with Crippen LogP contribution in [0.15, 0.2) is 42.7 Å². The number of ether oxygens (including phenoxy) is 1. The van der Waals surface area contributed by atoms with Crippen LogP contribution in [0.25, 0.3) is 16.9 Å². The van der Waals surface area contributed by atoms with Crippen LogP contribution < -0.4 is 4.74 Å². The molecule has 2 unspecified atom stereocenters. The van der Waals surface area contributed by atoms with Crippen LogP contribution in [0.2, 0.25) is 0 Å². The lowest BCUT2D eigenvalue weighted by atomic mass is 9.81. The van der Waals surface area contributed by atoms with Crippen LogP contribution >= 0.6 is 0 Å². The molecule has 2 aliphatic rings. The highest BCUT2D eigenvalue weighted by atomic mass is 19.2. The Morgan fingerprint density at radius 3 is 2.51 bits per heavy atom. The third-order valence-electron chi connectivity index (χ3n) is 7.24. The van der Waals surface area contributed by atoms with Gasteiger partial charge < -0.3 is 9.64 Å². The third-order valence-corrected chi connectivity index (χ3v) is 7.24. The summed E-state index contributed by atoms with van der Waals surface area (Å²) in [6.07, 6.45) is 5.88. The molecule has 2 aliphatic heterocycles. The van der Waals surface area contributed by atoms with Crippen LogP contribution in [0, 0.1) is 17.5 Å². The number of carbonyl (C=O) groups excluding carboxylic acids is 1. The van der Waals surface area contributed by atoms with Gasteiger partial charge in [-0.3, -0.25) is 9.48 Å². The molecule has 6 rings (SSSR count). The van der Waals surface area contributed by atoms with Crippen molar-refractivity contribution in [3.8, 4) is 22.7 Å². The van der Waals surface area contributed by atoms with Gasteiger partial charge in [-0.2, -0.15) is 15.3 Å². The topological polar surface area (TPSA) is 78.1 Å². The molecule has 2 atom stereocenters. The third kappa shape index (κ3) is 3.59. The van der Waals surface area contributed by atoms with Gasteiger partial charge in [0.1, 0.15) is 11.4 Å². The number of fused-ring (bicyclic) bond motifs is 4. The Balaban J connectivity index is 1.45. The average Bonchev–Trinajstić information content (AvgIpc) is 3.53. The summed E-state index contributed by atoms with van der Waals surface area (Å²) >= 11 is 0. The number of halogens is 3. The summed E-state index contributed by atoms with van der Waals surface area (Å²) in [5.74, 6) is -3.75. The van der Waals surface area contributed by atoms with E-state index >= 15 is 0 Å². The molecular weight excluding hydrogens is 485 g/mol. The molecule has 2 bridgehead atoms. The first-order valence-electron chi connectivity index (χ1n) is 12.0. The lowest BCUT2D eigenvalue weighted by Crippen LogP contribution is -2.50. The number of hydrogen-bond acceptors (Lipinski definition) is 5. The van der Waals surface area contributed by atoms with Crippen molar-refractivity contribution in [3.63, 3.8) is 0 Å². The van der Waals surface area contributed by atoms with Gasteiger partial charge in [0.05, 0.1) is 42.5 Å². The number of carbonyl (C=O) groups is 1. The second-order valence-corrected chi connectivity index (χ2v) is 9.28. The number of methoxy groups -OCH3 is 1. The molecule has 2 aromatic carbocycles. The fourth-order valence-electron chi connectivity index (χ4n) is 5.74. The van der Waals surface area contributed by atoms with Crippen molar-refractivity contribution in [2.24, 2.45) is 7.05 Å². The van der Waals surface area contributed by atoms with Gasteiger partial charge in [0.25, 0.3) is 5.91 Å². The Morgan fingerprint density at radius 2 is 1.81 bits per heavy atom. The summed E-state index contributed by atoms with van der Waals surface area (Å²) in [4.78, 5) is 17.3. The van der Waals surface area contributed by atoms with Gasteiger partial charge in [0, 0.05) is 24.2 Å². The number of para-hydroxylation sites is 1. The summed E-state index contributed by atoms with van der Waals surface area (Å²) in [6, 6.07) is 6.72. The monoisotopic (exact) mass is 508 g/mol. The van der Waals surface area contributed by atoms with Gasteiger partial charge in [-0.25, -0.2) is 13.2 Å². The van der Waals surface area contributed by atoms with Crippen LogP contribution in [-0.4, -0.2) is 48.7 Å². The molecular formula is C26H23F3N6O2. The lowest BCUT2D eigenvalue weighted by Gasteiger charge is -2.45. The van der Waals surface area contributed by atoms with Crippen molar-refractivity contribution in [1.82, 2.24) is 29.7 Å². The van der Waals surface area contributed by atoms with E-state index in [4.69, 9.17) is 9.84 Å². The number of nitrogens with zero attached hydrogens (tertiary/aromatic N) is 6. The predicted octanol–water partition coefficient (Wildman–Crippen LogP) is 4.39. The average molecular weight is 509 g/mol. The van der Waals surface area contributed by atoms with E-state index in [9.17, 15) is 18.0 Å². The maximum absolute atomic E-state index is 14.1. The Hall–Kier alpha value is -4.15. The fourth-order valence-corrected chi connectivity index (χ4v) is 5.74. The second-order valence-electron chi connectivity index (χ2n) is 9.28. The summed E-state index contributed by atoms with van der Waals surface area (Å²) in [6.45, 7) is 0. The van der Waals surface area contributed by atoms with Crippen LogP contribution in [0.5, 0.6) is 5.75 Å². The van der Waals surface area contributed by atoms with Crippen molar-refractivity contribution in [2.45, 2.75) is 37.8 Å². The number of rotatable bonds is 4. The summed E-state index contributed by atoms with van der Waals surface area (Å²) < 4.78 is 48.9. The van der Waals surface area contributed by atoms with Gasteiger partial charge in [-0.1, -0.05) is 6.07 Å². The minimum absolute atomic E-state index is 0.151. The zero-order chi connectivity index (χ0) is 25.8. The quantitative estimate of drug-likeness (QED) is 0.382. The van der Waals surface area contributed by atoms with E-state index in [1.165, 1.54) is 24.3 Å². The van der Waals surface area contributed by atoms with E-state index in [0.717, 1.165) is 30.5 Å². The van der Waals surface area contributed by atoms with Crippen LogP contribution in [0.4, 0.5) is 13.2 Å². The van der Waals surface area contributed by atoms with Gasteiger partial charge >= 0.3 is 0 Å². The van der Waals surface area contributed by atoms with Gasteiger partial charge in [-0.05, 0) is 49.9 Å². The Kier molecular flexibility index (Phi) is 5.50. The van der Waals surface area contributed by atoms with Gasteiger partial charge in [-0.15, -0.1) is 4.80 Å². The molecule has 1 amide bonds. The van der Waals surface area contributed by atoms with E-state index in [0.29, 0.717) is 41.2 Å². The SMILES string of the molecule is COc1cccc(C(=O)N2C3CCCC2c2nn(C)c(-c4cc(F)c(F)c(F)c4)c2C3)c1-n1nccn1. The van der Waals surface area contributed by atoms with Gasteiger partial charge in [0.2, 0.25) is 0 Å². The zero-order valence-corrected chi connectivity index (χ0v) is 20.2. The van der Waals surface area contributed by atoms with Gasteiger partial charge in [0.15, 0.2) is 17.5 Å². The lowest BCUT2D eigenvalue weighted by molar-refractivity contribution is 0.0391. The molecule has 190 valence electrons. The number of amides is 1. The maximum atomic E-state index is 14.1. The first kappa shape index (κ1) is 23.3. The summed E-state index contributed by atoms with van der Waals surface area (Å²) in [7, 11) is 3.21. The van der Waals surface area contributed by atoms with E-state index in [-0.39, 0.29) is 23.6 Å². The molecule has 0 N–H and O–H groups in total. The first-order valence-corrected chi connectivity index (χ1v) is 12.0. The van der Waals surface area contributed by atoms with Crippen molar-refractivity contribution in [2.75, 3.05) is 7.11 Å². The van der Waals surface area contributed by atoms with Crippen molar-refractivity contribution >= 4 is 5.91 Å². The number of aryl methyl sites for hydroxylation is 1. The standard InChI is InChI=1S/C26H23F3N6O2/c1-33-24(14-11-18(27)22(29)19(28)12-14)17-13-15-5-3-7-20(23(17)32-33)34(15)26(36)16-6-4-8-21(37-2)25(16)35-30-9-10-31-35/h4,6,8-12,15,20H,3,5,7,13H2,1-2H3. The van der Waals surface area contributed by atoms with Crippen LogP contribution in [0.3, 0.4) is 0 Å². The molecule has 4 aromatic rings.